The zero-order chi connectivity index (χ0) is 20.1. The molecule has 0 saturated heterocycles. The second-order valence-corrected chi connectivity index (χ2v) is 7.78. The lowest BCUT2D eigenvalue weighted by Gasteiger charge is -2.23. The molecule has 2 aromatic heterocycles. The van der Waals surface area contributed by atoms with Gasteiger partial charge < -0.3 is 5.32 Å². The SMILES string of the molecule is Cc1cc(NC(=O)CNC(c2ccccc2)c2ccccn2)n(C(C)(C)C)n1. The minimum Gasteiger partial charge on any atom is -0.310 e. The lowest BCUT2D eigenvalue weighted by Crippen LogP contribution is -2.34. The van der Waals surface area contributed by atoms with Crippen molar-refractivity contribution >= 4 is 11.7 Å². The number of anilines is 1. The number of hydrogen-bond acceptors (Lipinski definition) is 4. The Balaban J connectivity index is 1.73. The Kier molecular flexibility index (Phi) is 5.90. The zero-order valence-electron chi connectivity index (χ0n) is 16.8. The van der Waals surface area contributed by atoms with Crippen LogP contribution < -0.4 is 10.6 Å². The first-order valence-corrected chi connectivity index (χ1v) is 9.41. The van der Waals surface area contributed by atoms with Crippen molar-refractivity contribution in [2.45, 2.75) is 39.3 Å². The molecule has 2 N–H and O–H groups in total. The molecule has 0 bridgehead atoms. The van der Waals surface area contributed by atoms with Gasteiger partial charge in [0.25, 0.3) is 0 Å². The number of carbonyl (C=O) groups is 1. The molecule has 3 aromatic rings. The summed E-state index contributed by atoms with van der Waals surface area (Å²) in [5.74, 6) is 0.577. The highest BCUT2D eigenvalue weighted by Gasteiger charge is 2.21. The van der Waals surface area contributed by atoms with E-state index < -0.39 is 0 Å². The number of nitrogens with zero attached hydrogens (tertiary/aromatic N) is 3. The number of hydrogen-bond donors (Lipinski definition) is 2. The molecule has 0 aliphatic heterocycles. The average molecular weight is 377 g/mol. The molecule has 3 rings (SSSR count). The molecule has 0 saturated carbocycles. The number of aromatic nitrogens is 3. The van der Waals surface area contributed by atoms with Crippen LogP contribution in [0.1, 0.15) is 43.8 Å². The summed E-state index contributed by atoms with van der Waals surface area (Å²) in [6.45, 7) is 8.24. The predicted octanol–water partition coefficient (Wildman–Crippen LogP) is 3.66. The van der Waals surface area contributed by atoms with Crippen molar-refractivity contribution in [2.75, 3.05) is 11.9 Å². The second kappa shape index (κ2) is 8.35. The van der Waals surface area contributed by atoms with Crippen LogP contribution in [0.25, 0.3) is 0 Å². The molecule has 1 aromatic carbocycles. The molecule has 146 valence electrons. The molecule has 1 amide bonds. The minimum absolute atomic E-state index is 0.123. The third-order valence-electron chi connectivity index (χ3n) is 4.32. The maximum atomic E-state index is 12.6. The molecule has 0 radical (unpaired) electrons. The predicted molar refractivity (Wildman–Crippen MR) is 111 cm³/mol. The summed E-state index contributed by atoms with van der Waals surface area (Å²) in [6, 6.07) is 17.5. The van der Waals surface area contributed by atoms with Gasteiger partial charge in [-0.2, -0.15) is 5.10 Å². The quantitative estimate of drug-likeness (QED) is 0.688. The van der Waals surface area contributed by atoms with Gasteiger partial charge in [-0.05, 0) is 45.4 Å². The van der Waals surface area contributed by atoms with Gasteiger partial charge in [-0.25, -0.2) is 4.68 Å². The summed E-state index contributed by atoms with van der Waals surface area (Å²) < 4.78 is 1.84. The van der Waals surface area contributed by atoms with E-state index in [0.29, 0.717) is 5.82 Å². The van der Waals surface area contributed by atoms with Gasteiger partial charge in [0.2, 0.25) is 5.91 Å². The van der Waals surface area contributed by atoms with Gasteiger partial charge in [0, 0.05) is 12.3 Å². The first kappa shape index (κ1) is 19.8. The summed E-state index contributed by atoms with van der Waals surface area (Å²) in [5, 5.41) is 10.8. The Hall–Kier alpha value is -2.99. The average Bonchev–Trinajstić information content (AvgIpc) is 3.04. The van der Waals surface area contributed by atoms with Gasteiger partial charge in [0.1, 0.15) is 5.82 Å². The van der Waals surface area contributed by atoms with Gasteiger partial charge in [0.05, 0.1) is 29.5 Å². The van der Waals surface area contributed by atoms with Crippen LogP contribution in [-0.2, 0) is 10.3 Å². The molecule has 1 atom stereocenters. The number of pyridine rings is 1. The maximum Gasteiger partial charge on any atom is 0.239 e. The van der Waals surface area contributed by atoms with Gasteiger partial charge in [-0.1, -0.05) is 36.4 Å². The van der Waals surface area contributed by atoms with Crippen LogP contribution in [0.4, 0.5) is 5.82 Å². The topological polar surface area (TPSA) is 71.8 Å². The normalized spacial score (nSPS) is 12.6. The van der Waals surface area contributed by atoms with Gasteiger partial charge in [0.15, 0.2) is 0 Å². The van der Waals surface area contributed by atoms with E-state index in [-0.39, 0.29) is 24.0 Å². The summed E-state index contributed by atoms with van der Waals surface area (Å²) >= 11 is 0. The first-order valence-electron chi connectivity index (χ1n) is 9.41. The van der Waals surface area contributed by atoms with Crippen molar-refractivity contribution in [3.8, 4) is 0 Å². The van der Waals surface area contributed by atoms with Crippen LogP contribution >= 0.6 is 0 Å². The Morgan fingerprint density at radius 2 is 1.82 bits per heavy atom. The van der Waals surface area contributed by atoms with Crippen molar-refractivity contribution in [1.29, 1.82) is 0 Å². The number of aryl methyl sites for hydroxylation is 1. The fourth-order valence-electron chi connectivity index (χ4n) is 3.07. The Labute approximate surface area is 166 Å². The van der Waals surface area contributed by atoms with Crippen molar-refractivity contribution in [1.82, 2.24) is 20.1 Å². The Bertz CT molecular complexity index is 874. The minimum atomic E-state index is -0.217. The highest BCUT2D eigenvalue weighted by molar-refractivity contribution is 5.91. The maximum absolute atomic E-state index is 12.6. The van der Waals surface area contributed by atoms with E-state index in [4.69, 9.17) is 0 Å². The number of benzene rings is 1. The number of nitrogens with one attached hydrogen (secondary N) is 2. The third-order valence-corrected chi connectivity index (χ3v) is 4.32. The molecule has 0 aliphatic carbocycles. The van der Waals surface area contributed by atoms with E-state index >= 15 is 0 Å². The summed E-state index contributed by atoms with van der Waals surface area (Å²) in [7, 11) is 0. The van der Waals surface area contributed by atoms with Gasteiger partial charge in [-0.3, -0.25) is 15.1 Å². The largest absolute Gasteiger partial charge is 0.310 e. The molecule has 0 aliphatic rings. The zero-order valence-corrected chi connectivity index (χ0v) is 16.8. The Morgan fingerprint density at radius 3 is 2.46 bits per heavy atom. The second-order valence-electron chi connectivity index (χ2n) is 7.78. The molecule has 2 heterocycles. The van der Waals surface area contributed by atoms with Crippen LogP contribution in [0.5, 0.6) is 0 Å². The molecule has 0 spiro atoms. The highest BCUT2D eigenvalue weighted by atomic mass is 16.2. The van der Waals surface area contributed by atoms with Crippen LogP contribution in [-0.4, -0.2) is 27.2 Å². The molecular weight excluding hydrogens is 350 g/mol. The monoisotopic (exact) mass is 377 g/mol. The molecule has 28 heavy (non-hydrogen) atoms. The number of carbonyl (C=O) groups excluding carboxylic acids is 1. The Morgan fingerprint density at radius 1 is 1.11 bits per heavy atom. The van der Waals surface area contributed by atoms with Crippen molar-refractivity contribution in [3.05, 3.63) is 77.7 Å². The van der Waals surface area contributed by atoms with E-state index in [2.05, 4.69) is 41.5 Å². The van der Waals surface area contributed by atoms with E-state index in [0.717, 1.165) is 17.0 Å². The van der Waals surface area contributed by atoms with Gasteiger partial charge in [-0.15, -0.1) is 0 Å². The van der Waals surface area contributed by atoms with Crippen LogP contribution in [0.2, 0.25) is 0 Å². The number of rotatable bonds is 6. The molecule has 6 nitrogen and oxygen atoms in total. The van der Waals surface area contributed by atoms with Crippen LogP contribution in [0, 0.1) is 6.92 Å². The first-order chi connectivity index (χ1) is 13.3. The van der Waals surface area contributed by atoms with Crippen molar-refractivity contribution < 1.29 is 4.79 Å². The fourth-order valence-corrected chi connectivity index (χ4v) is 3.07. The molecule has 0 fully saturated rings. The summed E-state index contributed by atoms with van der Waals surface area (Å²) in [4.78, 5) is 17.1. The summed E-state index contributed by atoms with van der Waals surface area (Å²) in [5.41, 5.74) is 2.58. The highest BCUT2D eigenvalue weighted by Crippen LogP contribution is 2.22. The molecule has 1 unspecified atom stereocenters. The third kappa shape index (κ3) is 4.84. The fraction of sp³-hybridized carbons (Fsp3) is 0.318. The number of amides is 1. The van der Waals surface area contributed by atoms with Gasteiger partial charge >= 0.3 is 0 Å². The van der Waals surface area contributed by atoms with Crippen molar-refractivity contribution in [3.63, 3.8) is 0 Å². The molecular formula is C22H27N5O. The van der Waals surface area contributed by atoms with E-state index in [1.807, 2.05) is 66.2 Å². The lowest BCUT2D eigenvalue weighted by molar-refractivity contribution is -0.115. The van der Waals surface area contributed by atoms with E-state index in [1.165, 1.54) is 0 Å². The van der Waals surface area contributed by atoms with E-state index in [9.17, 15) is 4.79 Å². The van der Waals surface area contributed by atoms with Crippen molar-refractivity contribution in [2.24, 2.45) is 0 Å². The smallest absolute Gasteiger partial charge is 0.239 e. The summed E-state index contributed by atoms with van der Waals surface area (Å²) in [6.07, 6.45) is 1.76. The molecule has 6 heteroatoms. The van der Waals surface area contributed by atoms with E-state index in [1.54, 1.807) is 6.20 Å². The standard InChI is InChI=1S/C22H27N5O/c1-16-14-19(27(26-16)22(2,3)4)25-20(28)15-24-21(17-10-6-5-7-11-17)18-12-8-9-13-23-18/h5-14,21,24H,15H2,1-4H3,(H,25,28). The van der Waals surface area contributed by atoms with Crippen LogP contribution in [0.3, 0.4) is 0 Å². The van der Waals surface area contributed by atoms with Crippen LogP contribution in [0.15, 0.2) is 60.8 Å². The lowest BCUT2D eigenvalue weighted by atomic mass is 10.0.